The normalized spacial score (nSPS) is 9.36. The van der Waals surface area contributed by atoms with E-state index in [0.29, 0.717) is 11.3 Å². The highest BCUT2D eigenvalue weighted by Gasteiger charge is 2.08. The molecule has 1 aromatic carbocycles. The van der Waals surface area contributed by atoms with E-state index in [1.165, 1.54) is 6.92 Å². The van der Waals surface area contributed by atoms with Crippen molar-refractivity contribution in [3.63, 3.8) is 0 Å². The third-order valence-electron chi connectivity index (χ3n) is 1.81. The Labute approximate surface area is 89.7 Å². The second-order valence-electron chi connectivity index (χ2n) is 2.86. The first-order valence-electron chi connectivity index (χ1n) is 3.92. The van der Waals surface area contributed by atoms with E-state index in [0.717, 1.165) is 10.0 Å². The van der Waals surface area contributed by atoms with Gasteiger partial charge < -0.3 is 0 Å². The molecule has 0 aliphatic carbocycles. The molecule has 0 aromatic heterocycles. The van der Waals surface area contributed by atoms with Gasteiger partial charge in [-0.1, -0.05) is 21.0 Å². The van der Waals surface area contributed by atoms with Crippen LogP contribution in [0, 0.1) is 6.92 Å². The van der Waals surface area contributed by atoms with Crippen molar-refractivity contribution in [3.8, 4) is 0 Å². The zero-order chi connectivity index (χ0) is 10.7. The Kier molecular flexibility index (Phi) is 3.28. The van der Waals surface area contributed by atoms with Crippen LogP contribution in [0.2, 0.25) is 0 Å². The summed E-state index contributed by atoms with van der Waals surface area (Å²) in [6.07, 6.45) is 0. The molecule has 0 saturated heterocycles. The number of halogens is 1. The molecular weight excluding hydrogens is 246 g/mol. The van der Waals surface area contributed by atoms with Crippen LogP contribution in [0.5, 0.6) is 0 Å². The molecule has 5 heteroatoms. The number of ketones is 1. The average Bonchev–Trinajstić information content (AvgIpc) is 2.11. The van der Waals surface area contributed by atoms with E-state index in [-0.39, 0.29) is 5.78 Å². The first-order valence-corrected chi connectivity index (χ1v) is 4.71. The summed E-state index contributed by atoms with van der Waals surface area (Å²) in [5, 5.41) is 3.47. The molecule has 72 valence electrons. The van der Waals surface area contributed by atoms with E-state index in [2.05, 4.69) is 26.0 Å². The molecule has 0 N–H and O–H groups in total. The molecule has 0 saturated carbocycles. The third kappa shape index (κ3) is 2.13. The molecule has 1 rings (SSSR count). The van der Waals surface area contributed by atoms with E-state index in [1.807, 2.05) is 6.92 Å². The predicted molar refractivity (Wildman–Crippen MR) is 57.7 cm³/mol. The molecule has 0 aliphatic rings. The number of carbonyl (C=O) groups is 1. The Balaban J connectivity index is 3.45. The first-order chi connectivity index (χ1) is 6.56. The smallest absolute Gasteiger partial charge is 0.160 e. The predicted octanol–water partition coefficient (Wildman–Crippen LogP) is 3.90. The molecule has 0 heterocycles. The lowest BCUT2D eigenvalue weighted by Gasteiger charge is -2.04. The lowest BCUT2D eigenvalue weighted by atomic mass is 10.1. The van der Waals surface area contributed by atoms with Crippen molar-refractivity contribution in [1.29, 1.82) is 0 Å². The SMILES string of the molecule is CC(=O)c1cc(Br)c(C)cc1N=[N+]=[N-]. The number of Topliss-reactive ketones (excluding diaryl/α,β-unsaturated/α-hetero) is 1. The highest BCUT2D eigenvalue weighted by Crippen LogP contribution is 2.27. The quantitative estimate of drug-likeness (QED) is 0.341. The van der Waals surface area contributed by atoms with Gasteiger partial charge in [-0.05, 0) is 37.1 Å². The Morgan fingerprint density at radius 3 is 2.71 bits per heavy atom. The van der Waals surface area contributed by atoms with Gasteiger partial charge in [-0.15, -0.1) is 0 Å². The summed E-state index contributed by atoms with van der Waals surface area (Å²) >= 11 is 3.31. The van der Waals surface area contributed by atoms with Gasteiger partial charge in [-0.3, -0.25) is 4.79 Å². The van der Waals surface area contributed by atoms with Gasteiger partial charge in [-0.2, -0.15) is 0 Å². The molecule has 14 heavy (non-hydrogen) atoms. The molecule has 0 atom stereocenters. The van der Waals surface area contributed by atoms with Crippen LogP contribution >= 0.6 is 15.9 Å². The molecule has 0 amide bonds. The fourth-order valence-electron chi connectivity index (χ4n) is 1.08. The molecule has 4 nitrogen and oxygen atoms in total. The Bertz CT molecular complexity index is 409. The topological polar surface area (TPSA) is 65.8 Å². The summed E-state index contributed by atoms with van der Waals surface area (Å²) in [5.41, 5.74) is 10.1. The maximum atomic E-state index is 11.2. The Morgan fingerprint density at radius 1 is 1.57 bits per heavy atom. The molecule has 0 unspecified atom stereocenters. The van der Waals surface area contributed by atoms with Crippen molar-refractivity contribution in [2.75, 3.05) is 0 Å². The molecule has 0 spiro atoms. The third-order valence-corrected chi connectivity index (χ3v) is 2.66. The summed E-state index contributed by atoms with van der Waals surface area (Å²) in [7, 11) is 0. The van der Waals surface area contributed by atoms with E-state index in [1.54, 1.807) is 12.1 Å². The number of nitrogens with zero attached hydrogens (tertiary/aromatic N) is 3. The molecule has 0 aliphatic heterocycles. The van der Waals surface area contributed by atoms with Crippen molar-refractivity contribution < 1.29 is 4.79 Å². The number of rotatable bonds is 2. The number of carbonyl (C=O) groups excluding carboxylic acids is 1. The fraction of sp³-hybridized carbons (Fsp3) is 0.222. The van der Waals surface area contributed by atoms with Crippen LogP contribution in [-0.2, 0) is 0 Å². The van der Waals surface area contributed by atoms with Crippen LogP contribution < -0.4 is 0 Å². The Hall–Kier alpha value is -1.32. The van der Waals surface area contributed by atoms with E-state index in [9.17, 15) is 4.79 Å². The number of azide groups is 1. The maximum Gasteiger partial charge on any atom is 0.160 e. The van der Waals surface area contributed by atoms with Crippen molar-refractivity contribution in [2.24, 2.45) is 5.11 Å². The fourth-order valence-corrected chi connectivity index (χ4v) is 1.42. The van der Waals surface area contributed by atoms with E-state index in [4.69, 9.17) is 5.53 Å². The van der Waals surface area contributed by atoms with Crippen LogP contribution in [0.25, 0.3) is 10.4 Å². The van der Waals surface area contributed by atoms with Gasteiger partial charge >= 0.3 is 0 Å². The minimum absolute atomic E-state index is 0.117. The highest BCUT2D eigenvalue weighted by molar-refractivity contribution is 9.10. The summed E-state index contributed by atoms with van der Waals surface area (Å²) in [6, 6.07) is 3.35. The van der Waals surface area contributed by atoms with Crippen LogP contribution in [-0.4, -0.2) is 5.78 Å². The van der Waals surface area contributed by atoms with Gasteiger partial charge in [0.05, 0.1) is 0 Å². The molecule has 0 fully saturated rings. The van der Waals surface area contributed by atoms with Crippen molar-refractivity contribution in [3.05, 3.63) is 38.2 Å². The van der Waals surface area contributed by atoms with Crippen LogP contribution in [0.15, 0.2) is 21.7 Å². The highest BCUT2D eigenvalue weighted by atomic mass is 79.9. The van der Waals surface area contributed by atoms with Gasteiger partial charge in [0.25, 0.3) is 0 Å². The van der Waals surface area contributed by atoms with Gasteiger partial charge in [0.2, 0.25) is 0 Å². The summed E-state index contributed by atoms with van der Waals surface area (Å²) in [5.74, 6) is -0.117. The molecule has 1 aromatic rings. The van der Waals surface area contributed by atoms with Gasteiger partial charge in [-0.25, -0.2) is 0 Å². The van der Waals surface area contributed by atoms with Crippen molar-refractivity contribution in [2.45, 2.75) is 13.8 Å². The maximum absolute atomic E-state index is 11.2. The van der Waals surface area contributed by atoms with Gasteiger partial charge in [0, 0.05) is 20.6 Å². The van der Waals surface area contributed by atoms with Crippen LogP contribution in [0.3, 0.4) is 0 Å². The molecular formula is C9H8BrN3O. The van der Waals surface area contributed by atoms with E-state index >= 15 is 0 Å². The minimum atomic E-state index is -0.117. The second-order valence-corrected chi connectivity index (χ2v) is 3.72. The first kappa shape index (κ1) is 10.8. The zero-order valence-corrected chi connectivity index (χ0v) is 9.37. The minimum Gasteiger partial charge on any atom is -0.294 e. The summed E-state index contributed by atoms with van der Waals surface area (Å²) in [6.45, 7) is 3.30. The standard InChI is InChI=1S/C9H8BrN3O/c1-5-3-9(12-13-11)7(6(2)14)4-8(5)10/h3-4H,1-2H3. The lowest BCUT2D eigenvalue weighted by Crippen LogP contribution is -1.93. The van der Waals surface area contributed by atoms with Gasteiger partial charge in [0.15, 0.2) is 5.78 Å². The summed E-state index contributed by atoms with van der Waals surface area (Å²) in [4.78, 5) is 13.9. The second kappa shape index (κ2) is 4.26. The number of hydrogen-bond donors (Lipinski definition) is 0. The average molecular weight is 254 g/mol. The zero-order valence-electron chi connectivity index (χ0n) is 7.78. The van der Waals surface area contributed by atoms with E-state index < -0.39 is 0 Å². The largest absolute Gasteiger partial charge is 0.294 e. The summed E-state index contributed by atoms with van der Waals surface area (Å²) < 4.78 is 0.833. The monoisotopic (exact) mass is 253 g/mol. The van der Waals surface area contributed by atoms with Crippen LogP contribution in [0.1, 0.15) is 22.8 Å². The van der Waals surface area contributed by atoms with Crippen molar-refractivity contribution in [1.82, 2.24) is 0 Å². The number of benzene rings is 1. The Morgan fingerprint density at radius 2 is 2.21 bits per heavy atom. The lowest BCUT2D eigenvalue weighted by molar-refractivity contribution is 0.101. The van der Waals surface area contributed by atoms with Gasteiger partial charge in [0.1, 0.15) is 0 Å². The van der Waals surface area contributed by atoms with Crippen LogP contribution in [0.4, 0.5) is 5.69 Å². The molecule has 0 radical (unpaired) electrons. The molecule has 0 bridgehead atoms. The number of aryl methyl sites for hydroxylation is 1. The number of hydrogen-bond acceptors (Lipinski definition) is 2. The van der Waals surface area contributed by atoms with Crippen molar-refractivity contribution >= 4 is 27.4 Å².